The molecule has 152 valence electrons. The molecule has 3 rings (SSSR count). The Morgan fingerprint density at radius 3 is 2.68 bits per heavy atom. The minimum Gasteiger partial charge on any atom is -0.460 e. The average molecular weight is 406 g/mol. The number of aromatic nitrogens is 3. The fraction of sp³-hybridized carbons (Fsp3) is 0.579. The summed E-state index contributed by atoms with van der Waals surface area (Å²) < 4.78 is 11.0. The number of aliphatic imine (C=N–C) groups is 1. The highest BCUT2D eigenvalue weighted by Gasteiger charge is 2.19. The summed E-state index contributed by atoms with van der Waals surface area (Å²) >= 11 is 1.77. The van der Waals surface area contributed by atoms with Crippen molar-refractivity contribution in [3.05, 3.63) is 27.7 Å². The third-order valence-electron chi connectivity index (χ3n) is 3.99. The van der Waals surface area contributed by atoms with E-state index in [-0.39, 0.29) is 12.6 Å². The van der Waals surface area contributed by atoms with Crippen molar-refractivity contribution in [1.29, 1.82) is 0 Å². The summed E-state index contributed by atoms with van der Waals surface area (Å²) in [5.74, 6) is 0.976. The van der Waals surface area contributed by atoms with Crippen molar-refractivity contribution in [3.8, 4) is 6.01 Å². The molecule has 0 amide bonds. The van der Waals surface area contributed by atoms with Gasteiger partial charge in [-0.3, -0.25) is 4.99 Å². The van der Waals surface area contributed by atoms with Gasteiger partial charge in [0.25, 0.3) is 0 Å². The fourth-order valence-electron chi connectivity index (χ4n) is 2.54. The molecular weight excluding hydrogens is 378 g/mol. The first-order valence-corrected chi connectivity index (χ1v) is 10.3. The number of aliphatic hydroxyl groups is 1. The van der Waals surface area contributed by atoms with Crippen LogP contribution in [0.4, 0.5) is 5.95 Å². The molecule has 1 saturated heterocycles. The van der Waals surface area contributed by atoms with Crippen LogP contribution >= 0.6 is 11.3 Å². The number of hydrogen-bond donors (Lipinski definition) is 1. The van der Waals surface area contributed by atoms with Crippen LogP contribution < -0.4 is 9.64 Å². The lowest BCUT2D eigenvalue weighted by atomic mass is 10.2. The number of anilines is 1. The van der Waals surface area contributed by atoms with Crippen molar-refractivity contribution in [3.63, 3.8) is 0 Å². The first-order valence-electron chi connectivity index (χ1n) is 9.44. The number of ether oxygens (including phenoxy) is 2. The molecule has 3 heterocycles. The molecule has 0 aromatic carbocycles. The van der Waals surface area contributed by atoms with Crippen LogP contribution in [0.15, 0.2) is 17.1 Å². The second-order valence-electron chi connectivity index (χ2n) is 7.17. The van der Waals surface area contributed by atoms with Gasteiger partial charge in [-0.05, 0) is 32.4 Å². The Kier molecular flexibility index (Phi) is 6.93. The Labute approximate surface area is 169 Å². The summed E-state index contributed by atoms with van der Waals surface area (Å²) in [5.41, 5.74) is -0.976. The number of rotatable bonds is 8. The maximum Gasteiger partial charge on any atom is 0.321 e. The van der Waals surface area contributed by atoms with Crippen LogP contribution in [0.25, 0.3) is 0 Å². The summed E-state index contributed by atoms with van der Waals surface area (Å²) in [6.07, 6.45) is 2.68. The SMILES string of the molecule is CCc1ccc(CN=Cc2nc(OCC(C)(C)O)nc(N3CCOCC3)n2)s1. The highest BCUT2D eigenvalue weighted by Crippen LogP contribution is 2.18. The second-order valence-corrected chi connectivity index (χ2v) is 8.42. The molecule has 9 heteroatoms. The van der Waals surface area contributed by atoms with Crippen LogP contribution in [-0.2, 0) is 17.7 Å². The van der Waals surface area contributed by atoms with Gasteiger partial charge in [0.2, 0.25) is 5.95 Å². The van der Waals surface area contributed by atoms with E-state index in [9.17, 15) is 5.11 Å². The van der Waals surface area contributed by atoms with E-state index in [1.54, 1.807) is 31.4 Å². The highest BCUT2D eigenvalue weighted by atomic mass is 32.1. The van der Waals surface area contributed by atoms with E-state index >= 15 is 0 Å². The molecule has 28 heavy (non-hydrogen) atoms. The van der Waals surface area contributed by atoms with Gasteiger partial charge in [0, 0.05) is 22.8 Å². The van der Waals surface area contributed by atoms with Crippen molar-refractivity contribution in [2.45, 2.75) is 39.3 Å². The van der Waals surface area contributed by atoms with Gasteiger partial charge in [-0.25, -0.2) is 0 Å². The summed E-state index contributed by atoms with van der Waals surface area (Å²) in [5, 5.41) is 9.91. The van der Waals surface area contributed by atoms with E-state index in [4.69, 9.17) is 9.47 Å². The zero-order valence-corrected chi connectivity index (χ0v) is 17.4. The van der Waals surface area contributed by atoms with Crippen molar-refractivity contribution in [2.75, 3.05) is 37.8 Å². The molecule has 0 aliphatic carbocycles. The summed E-state index contributed by atoms with van der Waals surface area (Å²) in [7, 11) is 0. The third-order valence-corrected chi connectivity index (χ3v) is 5.20. The lowest BCUT2D eigenvalue weighted by molar-refractivity contribution is 0.0249. The minimum absolute atomic E-state index is 0.0884. The van der Waals surface area contributed by atoms with Gasteiger partial charge in [0.15, 0.2) is 5.82 Å². The van der Waals surface area contributed by atoms with E-state index in [0.717, 1.165) is 6.42 Å². The van der Waals surface area contributed by atoms with E-state index in [1.165, 1.54) is 9.75 Å². The number of thiophene rings is 1. The van der Waals surface area contributed by atoms with E-state index in [0.29, 0.717) is 44.6 Å². The van der Waals surface area contributed by atoms with Crippen LogP contribution in [0, 0.1) is 0 Å². The predicted molar refractivity (Wildman–Crippen MR) is 110 cm³/mol. The molecule has 2 aromatic rings. The number of nitrogens with zero attached hydrogens (tertiary/aromatic N) is 5. The maximum absolute atomic E-state index is 9.91. The van der Waals surface area contributed by atoms with Gasteiger partial charge in [-0.1, -0.05) is 6.92 Å². The van der Waals surface area contributed by atoms with Gasteiger partial charge in [0.05, 0.1) is 31.6 Å². The predicted octanol–water partition coefficient (Wildman–Crippen LogP) is 2.10. The minimum atomic E-state index is -0.976. The first kappa shape index (κ1) is 20.6. The average Bonchev–Trinajstić information content (AvgIpc) is 3.14. The lowest BCUT2D eigenvalue weighted by Gasteiger charge is -2.27. The standard InChI is InChI=1S/C19H27N5O3S/c1-4-14-5-6-15(28-14)11-20-12-16-21-17(24-7-9-26-10-8-24)23-18(22-16)27-13-19(2,3)25/h5-6,12,25H,4,7-11,13H2,1-3H3. The molecule has 0 unspecified atom stereocenters. The lowest BCUT2D eigenvalue weighted by Crippen LogP contribution is -2.37. The molecule has 1 aliphatic rings. The van der Waals surface area contributed by atoms with E-state index in [1.807, 2.05) is 4.90 Å². The summed E-state index contributed by atoms with van der Waals surface area (Å²) in [6, 6.07) is 4.42. The molecule has 0 spiro atoms. The number of aryl methyl sites for hydroxylation is 1. The fourth-order valence-corrected chi connectivity index (χ4v) is 3.44. The molecule has 0 atom stereocenters. The second kappa shape index (κ2) is 9.40. The molecule has 1 N–H and O–H groups in total. The maximum atomic E-state index is 9.91. The Hall–Kier alpha value is -2.10. The quantitative estimate of drug-likeness (QED) is 0.672. The zero-order valence-electron chi connectivity index (χ0n) is 16.6. The van der Waals surface area contributed by atoms with Gasteiger partial charge in [-0.15, -0.1) is 11.3 Å². The zero-order chi connectivity index (χ0) is 20.0. The Morgan fingerprint density at radius 1 is 1.25 bits per heavy atom. The first-order chi connectivity index (χ1) is 13.4. The molecule has 1 fully saturated rings. The Bertz CT molecular complexity index is 797. The largest absolute Gasteiger partial charge is 0.460 e. The van der Waals surface area contributed by atoms with Crippen molar-refractivity contribution in [2.24, 2.45) is 4.99 Å². The van der Waals surface area contributed by atoms with Crippen molar-refractivity contribution in [1.82, 2.24) is 15.0 Å². The van der Waals surface area contributed by atoms with E-state index < -0.39 is 5.60 Å². The molecular formula is C19H27N5O3S. The van der Waals surface area contributed by atoms with Gasteiger partial charge >= 0.3 is 6.01 Å². The molecule has 0 bridgehead atoms. The molecule has 0 radical (unpaired) electrons. The number of morpholine rings is 1. The normalized spacial score (nSPS) is 15.4. The van der Waals surface area contributed by atoms with Crippen LogP contribution in [0.1, 0.15) is 36.3 Å². The van der Waals surface area contributed by atoms with Crippen LogP contribution in [0.2, 0.25) is 0 Å². The van der Waals surface area contributed by atoms with Gasteiger partial charge < -0.3 is 19.5 Å². The molecule has 2 aromatic heterocycles. The highest BCUT2D eigenvalue weighted by molar-refractivity contribution is 7.11. The molecule has 1 aliphatic heterocycles. The number of hydrogen-bond acceptors (Lipinski definition) is 9. The van der Waals surface area contributed by atoms with Gasteiger partial charge in [-0.2, -0.15) is 15.0 Å². The molecule has 8 nitrogen and oxygen atoms in total. The van der Waals surface area contributed by atoms with Crippen LogP contribution in [0.3, 0.4) is 0 Å². The van der Waals surface area contributed by atoms with Crippen molar-refractivity contribution >= 4 is 23.5 Å². The molecule has 0 saturated carbocycles. The monoisotopic (exact) mass is 405 g/mol. The summed E-state index contributed by atoms with van der Waals surface area (Å²) in [4.78, 5) is 22.3. The Balaban J connectivity index is 1.76. The van der Waals surface area contributed by atoms with E-state index in [2.05, 4.69) is 39.0 Å². The van der Waals surface area contributed by atoms with Crippen LogP contribution in [-0.4, -0.2) is 64.8 Å². The Morgan fingerprint density at radius 2 is 2.00 bits per heavy atom. The summed E-state index contributed by atoms with van der Waals surface area (Å²) in [6.45, 7) is 8.84. The smallest absolute Gasteiger partial charge is 0.321 e. The van der Waals surface area contributed by atoms with Crippen LogP contribution in [0.5, 0.6) is 6.01 Å². The van der Waals surface area contributed by atoms with Gasteiger partial charge in [0.1, 0.15) is 6.61 Å². The topological polar surface area (TPSA) is 93.0 Å². The van der Waals surface area contributed by atoms with Crippen molar-refractivity contribution < 1.29 is 14.6 Å². The third kappa shape index (κ3) is 6.22.